The van der Waals surface area contributed by atoms with E-state index in [0.29, 0.717) is 13.0 Å². The molecular weight excluding hydrogens is 266 g/mol. The molecule has 1 atom stereocenters. The Hall–Kier alpha value is -1.32. The molecule has 1 aromatic heterocycles. The molecule has 4 heteroatoms. The van der Waals surface area contributed by atoms with Gasteiger partial charge in [-0.1, -0.05) is 30.3 Å². The molecule has 1 aromatic carbocycles. The second-order valence-electron chi connectivity index (χ2n) is 3.99. The van der Waals surface area contributed by atoms with Gasteiger partial charge in [0.15, 0.2) is 0 Å². The van der Waals surface area contributed by atoms with Gasteiger partial charge in [-0.05, 0) is 28.0 Å². The third-order valence-corrected chi connectivity index (χ3v) is 3.72. The zero-order valence-electron chi connectivity index (χ0n) is 9.80. The van der Waals surface area contributed by atoms with Crippen LogP contribution in [-0.4, -0.2) is 12.5 Å². The van der Waals surface area contributed by atoms with Crippen molar-refractivity contribution >= 4 is 28.8 Å². The smallest absolute Gasteiger partial charge is 0.224 e. The van der Waals surface area contributed by atoms with Gasteiger partial charge in [-0.15, -0.1) is 11.6 Å². The molecule has 1 heterocycles. The van der Waals surface area contributed by atoms with Crippen molar-refractivity contribution in [3.05, 3.63) is 58.3 Å². The Labute approximate surface area is 116 Å². The minimum Gasteiger partial charge on any atom is -0.354 e. The van der Waals surface area contributed by atoms with Crippen LogP contribution in [0.3, 0.4) is 0 Å². The quantitative estimate of drug-likeness (QED) is 0.835. The first kappa shape index (κ1) is 13.1. The molecule has 94 valence electrons. The van der Waals surface area contributed by atoms with E-state index < -0.39 is 0 Å². The predicted octanol–water partition coefficient (Wildman–Crippen LogP) is 3.39. The topological polar surface area (TPSA) is 29.1 Å². The van der Waals surface area contributed by atoms with E-state index in [9.17, 15) is 4.79 Å². The second-order valence-corrected chi connectivity index (χ2v) is 5.30. The van der Waals surface area contributed by atoms with Gasteiger partial charge in [0.25, 0.3) is 0 Å². The lowest BCUT2D eigenvalue weighted by atomic mass is 10.1. The van der Waals surface area contributed by atoms with Crippen LogP contribution in [0.25, 0.3) is 0 Å². The molecule has 0 aliphatic heterocycles. The average molecular weight is 280 g/mol. The summed E-state index contributed by atoms with van der Waals surface area (Å²) in [5.41, 5.74) is 2.07. The van der Waals surface area contributed by atoms with Crippen molar-refractivity contribution in [2.75, 3.05) is 6.54 Å². The predicted molar refractivity (Wildman–Crippen MR) is 76.1 cm³/mol. The van der Waals surface area contributed by atoms with Crippen LogP contribution in [0.15, 0.2) is 47.2 Å². The Balaban J connectivity index is 1.79. The van der Waals surface area contributed by atoms with Gasteiger partial charge in [0.05, 0.1) is 11.8 Å². The zero-order chi connectivity index (χ0) is 12.8. The molecule has 2 aromatic rings. The maximum atomic E-state index is 11.7. The molecule has 0 fully saturated rings. The summed E-state index contributed by atoms with van der Waals surface area (Å²) in [6, 6.07) is 11.7. The van der Waals surface area contributed by atoms with E-state index >= 15 is 0 Å². The maximum absolute atomic E-state index is 11.7. The molecule has 0 saturated carbocycles. The van der Waals surface area contributed by atoms with E-state index in [-0.39, 0.29) is 11.3 Å². The van der Waals surface area contributed by atoms with Crippen LogP contribution in [0.1, 0.15) is 16.5 Å². The largest absolute Gasteiger partial charge is 0.354 e. The van der Waals surface area contributed by atoms with Crippen LogP contribution >= 0.6 is 22.9 Å². The molecule has 2 rings (SSSR count). The number of carbonyl (C=O) groups is 1. The number of thiophene rings is 1. The Bertz CT molecular complexity index is 484. The Morgan fingerprint density at radius 1 is 1.28 bits per heavy atom. The van der Waals surface area contributed by atoms with Crippen LogP contribution in [0, 0.1) is 0 Å². The van der Waals surface area contributed by atoms with Crippen LogP contribution in [0.2, 0.25) is 0 Å². The second kappa shape index (κ2) is 6.57. The number of halogens is 1. The van der Waals surface area contributed by atoms with Crippen molar-refractivity contribution in [1.82, 2.24) is 5.32 Å². The van der Waals surface area contributed by atoms with Crippen molar-refractivity contribution in [2.45, 2.75) is 11.8 Å². The van der Waals surface area contributed by atoms with E-state index in [0.717, 1.165) is 11.1 Å². The average Bonchev–Trinajstić information content (AvgIpc) is 2.90. The van der Waals surface area contributed by atoms with Gasteiger partial charge in [0, 0.05) is 6.54 Å². The minimum absolute atomic E-state index is 0.00924. The number of hydrogen-bond acceptors (Lipinski definition) is 2. The highest BCUT2D eigenvalue weighted by atomic mass is 35.5. The summed E-state index contributed by atoms with van der Waals surface area (Å²) in [5.74, 6) is 0.00924. The molecule has 0 aliphatic rings. The fraction of sp³-hybridized carbons (Fsp3) is 0.214. The van der Waals surface area contributed by atoms with E-state index in [1.54, 1.807) is 11.3 Å². The lowest BCUT2D eigenvalue weighted by Crippen LogP contribution is -2.28. The molecule has 1 amide bonds. The number of benzene rings is 1. The fourth-order valence-electron chi connectivity index (χ4n) is 1.62. The van der Waals surface area contributed by atoms with Crippen molar-refractivity contribution in [3.8, 4) is 0 Å². The van der Waals surface area contributed by atoms with Crippen LogP contribution < -0.4 is 5.32 Å². The van der Waals surface area contributed by atoms with Gasteiger partial charge in [-0.25, -0.2) is 0 Å². The van der Waals surface area contributed by atoms with Gasteiger partial charge in [0.1, 0.15) is 0 Å². The third-order valence-electron chi connectivity index (χ3n) is 2.58. The van der Waals surface area contributed by atoms with Gasteiger partial charge in [-0.2, -0.15) is 11.3 Å². The number of nitrogens with one attached hydrogen (secondary N) is 1. The number of amides is 1. The third kappa shape index (κ3) is 3.86. The maximum Gasteiger partial charge on any atom is 0.224 e. The summed E-state index contributed by atoms with van der Waals surface area (Å²) in [6.07, 6.45) is 0.419. The van der Waals surface area contributed by atoms with Gasteiger partial charge in [0.2, 0.25) is 5.91 Å². The minimum atomic E-state index is -0.183. The summed E-state index contributed by atoms with van der Waals surface area (Å²) in [7, 11) is 0. The zero-order valence-corrected chi connectivity index (χ0v) is 11.4. The lowest BCUT2D eigenvalue weighted by Gasteiger charge is -2.10. The molecular formula is C14H14ClNOS. The summed E-state index contributed by atoms with van der Waals surface area (Å²) in [5, 5.41) is 6.62. The van der Waals surface area contributed by atoms with Crippen LogP contribution in [0.4, 0.5) is 0 Å². The van der Waals surface area contributed by atoms with E-state index in [4.69, 9.17) is 11.6 Å². The summed E-state index contributed by atoms with van der Waals surface area (Å²) in [6.45, 7) is 0.453. The standard InChI is InChI=1S/C14H14ClNOS/c15-13(12-4-2-1-3-5-12)9-16-14(17)8-11-6-7-18-10-11/h1-7,10,13H,8-9H2,(H,16,17). The van der Waals surface area contributed by atoms with Gasteiger partial charge < -0.3 is 5.32 Å². The lowest BCUT2D eigenvalue weighted by molar-refractivity contribution is -0.120. The van der Waals surface area contributed by atoms with E-state index in [1.165, 1.54) is 0 Å². The Kier molecular flexibility index (Phi) is 4.79. The first-order chi connectivity index (χ1) is 8.75. The SMILES string of the molecule is O=C(Cc1ccsc1)NCC(Cl)c1ccccc1. The van der Waals surface area contributed by atoms with Crippen LogP contribution in [0.5, 0.6) is 0 Å². The monoisotopic (exact) mass is 279 g/mol. The highest BCUT2D eigenvalue weighted by molar-refractivity contribution is 7.07. The number of rotatable bonds is 5. The number of alkyl halides is 1. The highest BCUT2D eigenvalue weighted by Gasteiger charge is 2.09. The summed E-state index contributed by atoms with van der Waals surface area (Å²) >= 11 is 7.82. The summed E-state index contributed by atoms with van der Waals surface area (Å²) in [4.78, 5) is 11.7. The first-order valence-electron chi connectivity index (χ1n) is 5.72. The van der Waals surface area contributed by atoms with Gasteiger partial charge in [-0.3, -0.25) is 4.79 Å². The van der Waals surface area contributed by atoms with Crippen molar-refractivity contribution in [1.29, 1.82) is 0 Å². The number of carbonyl (C=O) groups excluding carboxylic acids is 1. The Morgan fingerprint density at radius 2 is 2.06 bits per heavy atom. The Morgan fingerprint density at radius 3 is 2.72 bits per heavy atom. The molecule has 18 heavy (non-hydrogen) atoms. The molecule has 0 saturated heterocycles. The van der Waals surface area contributed by atoms with Crippen molar-refractivity contribution in [2.24, 2.45) is 0 Å². The molecule has 1 unspecified atom stereocenters. The normalized spacial score (nSPS) is 12.1. The first-order valence-corrected chi connectivity index (χ1v) is 7.10. The number of hydrogen-bond donors (Lipinski definition) is 1. The van der Waals surface area contributed by atoms with Gasteiger partial charge >= 0.3 is 0 Å². The van der Waals surface area contributed by atoms with E-state index in [2.05, 4.69) is 5.32 Å². The fourth-order valence-corrected chi connectivity index (χ4v) is 2.52. The molecule has 1 N–H and O–H groups in total. The molecule has 0 bridgehead atoms. The molecule has 0 aliphatic carbocycles. The van der Waals surface area contributed by atoms with Crippen molar-refractivity contribution in [3.63, 3.8) is 0 Å². The molecule has 0 spiro atoms. The van der Waals surface area contributed by atoms with E-state index in [1.807, 2.05) is 47.2 Å². The van der Waals surface area contributed by atoms with Crippen LogP contribution in [-0.2, 0) is 11.2 Å². The molecule has 2 nitrogen and oxygen atoms in total. The summed E-state index contributed by atoms with van der Waals surface area (Å²) < 4.78 is 0. The highest BCUT2D eigenvalue weighted by Crippen LogP contribution is 2.18. The molecule has 0 radical (unpaired) electrons. The van der Waals surface area contributed by atoms with Crippen molar-refractivity contribution < 1.29 is 4.79 Å².